The summed E-state index contributed by atoms with van der Waals surface area (Å²) in [5.74, 6) is 0.0723. The number of anilines is 1. The first-order valence-electron chi connectivity index (χ1n) is 11.5. The summed E-state index contributed by atoms with van der Waals surface area (Å²) in [5, 5.41) is 3.75. The summed E-state index contributed by atoms with van der Waals surface area (Å²) in [5.41, 5.74) is 1.48. The van der Waals surface area contributed by atoms with Crippen molar-refractivity contribution in [1.82, 2.24) is 10.3 Å². The summed E-state index contributed by atoms with van der Waals surface area (Å²) in [7, 11) is 1.59. The molecule has 0 radical (unpaired) electrons. The fraction of sp³-hybridized carbons (Fsp3) is 0.296. The number of hydrogen-bond acceptors (Lipinski definition) is 4. The zero-order chi connectivity index (χ0) is 23.9. The van der Waals surface area contributed by atoms with Crippen LogP contribution >= 0.6 is 11.6 Å². The van der Waals surface area contributed by atoms with Crippen LogP contribution in [0.4, 0.5) is 5.69 Å². The molecule has 0 bridgehead atoms. The Labute approximate surface area is 204 Å². The molecule has 1 aromatic heterocycles. The predicted molar refractivity (Wildman–Crippen MR) is 133 cm³/mol. The van der Waals surface area contributed by atoms with Gasteiger partial charge in [-0.05, 0) is 66.9 Å². The maximum absolute atomic E-state index is 13.8. The summed E-state index contributed by atoms with van der Waals surface area (Å²) in [6, 6.07) is 18.5. The van der Waals surface area contributed by atoms with Crippen LogP contribution in [0.2, 0.25) is 5.02 Å². The number of carbonyl (C=O) groups is 2. The van der Waals surface area contributed by atoms with Crippen LogP contribution in [0.15, 0.2) is 72.9 Å². The second-order valence-electron chi connectivity index (χ2n) is 8.39. The highest BCUT2D eigenvalue weighted by atomic mass is 35.5. The Bertz CT molecular complexity index is 1100. The SMILES string of the molecule is COc1ccc([C@@H](C(=O)NC2CCCCC2)N(C(=O)c2ccccn2)c2ccc(Cl)cc2)cc1. The van der Waals surface area contributed by atoms with Crippen LogP contribution in [0.1, 0.15) is 54.2 Å². The van der Waals surface area contributed by atoms with Gasteiger partial charge in [0.15, 0.2) is 0 Å². The molecule has 176 valence electrons. The van der Waals surface area contributed by atoms with Gasteiger partial charge in [0.05, 0.1) is 7.11 Å². The first-order valence-corrected chi connectivity index (χ1v) is 11.9. The number of aromatic nitrogens is 1. The lowest BCUT2D eigenvalue weighted by Crippen LogP contribution is -2.47. The average Bonchev–Trinajstić information content (AvgIpc) is 2.89. The van der Waals surface area contributed by atoms with Crippen LogP contribution in [-0.2, 0) is 4.79 Å². The van der Waals surface area contributed by atoms with E-state index in [2.05, 4.69) is 10.3 Å². The van der Waals surface area contributed by atoms with E-state index in [1.54, 1.807) is 67.9 Å². The quantitative estimate of drug-likeness (QED) is 0.482. The molecule has 6 nitrogen and oxygen atoms in total. The molecule has 1 N–H and O–H groups in total. The van der Waals surface area contributed by atoms with Crippen molar-refractivity contribution >= 4 is 29.1 Å². The Kier molecular flexibility index (Phi) is 7.80. The van der Waals surface area contributed by atoms with Gasteiger partial charge in [-0.1, -0.05) is 49.1 Å². The van der Waals surface area contributed by atoms with Gasteiger partial charge in [0.1, 0.15) is 17.5 Å². The molecule has 4 rings (SSSR count). The summed E-state index contributed by atoms with van der Waals surface area (Å²) in [6.45, 7) is 0. The molecular formula is C27H28ClN3O3. The maximum atomic E-state index is 13.8. The summed E-state index contributed by atoms with van der Waals surface area (Å²) in [6.07, 6.45) is 6.81. The molecule has 1 atom stereocenters. The number of hydrogen-bond donors (Lipinski definition) is 1. The monoisotopic (exact) mass is 477 g/mol. The van der Waals surface area contributed by atoms with E-state index in [4.69, 9.17) is 16.3 Å². The lowest BCUT2D eigenvalue weighted by molar-refractivity contribution is -0.123. The van der Waals surface area contributed by atoms with Crippen LogP contribution in [-0.4, -0.2) is 29.9 Å². The number of halogens is 1. The number of benzene rings is 2. The molecule has 0 saturated heterocycles. The number of ether oxygens (including phenoxy) is 1. The Morgan fingerprint density at radius 2 is 1.71 bits per heavy atom. The highest BCUT2D eigenvalue weighted by Crippen LogP contribution is 2.32. The Morgan fingerprint density at radius 1 is 1.00 bits per heavy atom. The largest absolute Gasteiger partial charge is 0.497 e. The summed E-state index contributed by atoms with van der Waals surface area (Å²) < 4.78 is 5.30. The van der Waals surface area contributed by atoms with Gasteiger partial charge in [0, 0.05) is 22.9 Å². The molecule has 2 amide bonds. The van der Waals surface area contributed by atoms with E-state index in [1.807, 2.05) is 12.1 Å². The lowest BCUT2D eigenvalue weighted by Gasteiger charge is -2.33. The van der Waals surface area contributed by atoms with Gasteiger partial charge >= 0.3 is 0 Å². The molecule has 0 unspecified atom stereocenters. The molecule has 1 heterocycles. The molecule has 1 fully saturated rings. The van der Waals surface area contributed by atoms with Crippen molar-refractivity contribution < 1.29 is 14.3 Å². The predicted octanol–water partition coefficient (Wildman–Crippen LogP) is 5.58. The van der Waals surface area contributed by atoms with Crippen LogP contribution in [0, 0.1) is 0 Å². The van der Waals surface area contributed by atoms with Gasteiger partial charge in [0.25, 0.3) is 5.91 Å². The minimum atomic E-state index is -0.900. The van der Waals surface area contributed by atoms with Gasteiger partial charge in [-0.25, -0.2) is 0 Å². The van der Waals surface area contributed by atoms with E-state index >= 15 is 0 Å². The third kappa shape index (κ3) is 5.57. The maximum Gasteiger partial charge on any atom is 0.277 e. The van der Waals surface area contributed by atoms with E-state index < -0.39 is 6.04 Å². The standard InChI is InChI=1S/C27H28ClN3O3/c1-34-23-16-10-19(11-17-23)25(26(32)30-21-7-3-2-4-8-21)31(22-14-12-20(28)13-15-22)27(33)24-9-5-6-18-29-24/h5-6,9-18,21,25H,2-4,7-8H2,1H3,(H,30,32)/t25-/m0/s1. The number of nitrogens with zero attached hydrogens (tertiary/aromatic N) is 2. The van der Waals surface area contributed by atoms with Crippen molar-refractivity contribution in [2.24, 2.45) is 0 Å². The minimum absolute atomic E-state index is 0.0963. The van der Waals surface area contributed by atoms with E-state index in [-0.39, 0.29) is 23.6 Å². The van der Waals surface area contributed by atoms with Crippen molar-refractivity contribution in [2.75, 3.05) is 12.0 Å². The zero-order valence-electron chi connectivity index (χ0n) is 19.1. The number of nitrogens with one attached hydrogen (secondary N) is 1. The van der Waals surface area contributed by atoms with Gasteiger partial charge in [0.2, 0.25) is 5.91 Å². The second kappa shape index (κ2) is 11.2. The van der Waals surface area contributed by atoms with Gasteiger partial charge in [-0.2, -0.15) is 0 Å². The van der Waals surface area contributed by atoms with Crippen LogP contribution in [0.5, 0.6) is 5.75 Å². The van der Waals surface area contributed by atoms with Gasteiger partial charge < -0.3 is 10.1 Å². The Morgan fingerprint density at radius 3 is 2.32 bits per heavy atom. The summed E-state index contributed by atoms with van der Waals surface area (Å²) in [4.78, 5) is 33.3. The van der Waals surface area contributed by atoms with Crippen molar-refractivity contribution in [3.63, 3.8) is 0 Å². The average molecular weight is 478 g/mol. The number of pyridine rings is 1. The first-order chi connectivity index (χ1) is 16.6. The third-order valence-electron chi connectivity index (χ3n) is 6.10. The highest BCUT2D eigenvalue weighted by molar-refractivity contribution is 6.30. The molecule has 34 heavy (non-hydrogen) atoms. The molecule has 3 aromatic rings. The molecular weight excluding hydrogens is 450 g/mol. The fourth-order valence-corrected chi connectivity index (χ4v) is 4.45. The normalized spacial score (nSPS) is 14.8. The number of methoxy groups -OCH3 is 1. The van der Waals surface area contributed by atoms with Gasteiger partial charge in [-0.3, -0.25) is 19.5 Å². The second-order valence-corrected chi connectivity index (χ2v) is 8.82. The molecule has 1 aliphatic rings. The molecule has 1 saturated carbocycles. The van der Waals surface area contributed by atoms with Crippen molar-refractivity contribution in [1.29, 1.82) is 0 Å². The first kappa shape index (κ1) is 23.8. The zero-order valence-corrected chi connectivity index (χ0v) is 19.9. The Hall–Kier alpha value is -3.38. The van der Waals surface area contributed by atoms with E-state index in [1.165, 1.54) is 11.3 Å². The molecule has 2 aromatic carbocycles. The van der Waals surface area contributed by atoms with Crippen molar-refractivity contribution in [3.8, 4) is 5.75 Å². The molecule has 0 spiro atoms. The number of carbonyl (C=O) groups excluding carboxylic acids is 2. The topological polar surface area (TPSA) is 71.5 Å². The molecule has 7 heteroatoms. The van der Waals surface area contributed by atoms with E-state index in [0.29, 0.717) is 22.0 Å². The summed E-state index contributed by atoms with van der Waals surface area (Å²) >= 11 is 6.13. The van der Waals surface area contributed by atoms with Crippen LogP contribution < -0.4 is 15.0 Å². The number of amides is 2. The van der Waals surface area contributed by atoms with Crippen molar-refractivity contribution in [3.05, 3.63) is 89.2 Å². The van der Waals surface area contributed by atoms with Crippen LogP contribution in [0.3, 0.4) is 0 Å². The fourth-order valence-electron chi connectivity index (χ4n) is 4.33. The minimum Gasteiger partial charge on any atom is -0.497 e. The smallest absolute Gasteiger partial charge is 0.277 e. The molecule has 0 aliphatic heterocycles. The molecule has 1 aliphatic carbocycles. The highest BCUT2D eigenvalue weighted by Gasteiger charge is 2.35. The van der Waals surface area contributed by atoms with Gasteiger partial charge in [-0.15, -0.1) is 0 Å². The van der Waals surface area contributed by atoms with E-state index in [9.17, 15) is 9.59 Å². The lowest BCUT2D eigenvalue weighted by atomic mass is 9.94. The van der Waals surface area contributed by atoms with Crippen LogP contribution in [0.25, 0.3) is 0 Å². The Balaban J connectivity index is 1.79. The van der Waals surface area contributed by atoms with E-state index in [0.717, 1.165) is 25.7 Å². The number of rotatable bonds is 7. The van der Waals surface area contributed by atoms with Crippen molar-refractivity contribution in [2.45, 2.75) is 44.2 Å². The third-order valence-corrected chi connectivity index (χ3v) is 6.35.